The van der Waals surface area contributed by atoms with Gasteiger partial charge in [-0.3, -0.25) is 4.79 Å². The van der Waals surface area contributed by atoms with Gasteiger partial charge in [-0.25, -0.2) is 9.78 Å². The lowest BCUT2D eigenvalue weighted by Crippen LogP contribution is -2.45. The molecule has 0 spiro atoms. The lowest BCUT2D eigenvalue weighted by Gasteiger charge is -2.13. The number of carbonyl (C=O) groups is 2. The Labute approximate surface area is 98.6 Å². The summed E-state index contributed by atoms with van der Waals surface area (Å²) in [5.74, 6) is -1.40. The molecular formula is C10H16N4O3. The summed E-state index contributed by atoms with van der Waals surface area (Å²) < 4.78 is 0. The van der Waals surface area contributed by atoms with Gasteiger partial charge in [0, 0.05) is 18.3 Å². The van der Waals surface area contributed by atoms with E-state index in [9.17, 15) is 9.59 Å². The Kier molecular flexibility index (Phi) is 5.15. The fourth-order valence-electron chi connectivity index (χ4n) is 1.30. The second-order valence-corrected chi connectivity index (χ2v) is 3.52. The molecule has 1 heterocycles. The van der Waals surface area contributed by atoms with Gasteiger partial charge < -0.3 is 20.7 Å². The van der Waals surface area contributed by atoms with E-state index in [2.05, 4.69) is 20.6 Å². The molecule has 1 amide bonds. The number of hydrogen-bond donors (Lipinski definition) is 4. The van der Waals surface area contributed by atoms with E-state index < -0.39 is 12.0 Å². The van der Waals surface area contributed by atoms with Crippen LogP contribution in [0.5, 0.6) is 0 Å². The topological polar surface area (TPSA) is 107 Å². The maximum atomic E-state index is 11.4. The fraction of sp³-hybridized carbons (Fsp3) is 0.500. The third kappa shape index (κ3) is 4.64. The van der Waals surface area contributed by atoms with Crippen LogP contribution in [0.15, 0.2) is 12.5 Å². The van der Waals surface area contributed by atoms with Crippen molar-refractivity contribution in [3.05, 3.63) is 18.2 Å². The van der Waals surface area contributed by atoms with Crippen molar-refractivity contribution in [2.24, 2.45) is 0 Å². The second-order valence-electron chi connectivity index (χ2n) is 3.52. The smallest absolute Gasteiger partial charge is 0.326 e. The van der Waals surface area contributed by atoms with Gasteiger partial charge in [-0.05, 0) is 6.54 Å². The predicted octanol–water partition coefficient (Wildman–Crippen LogP) is -0.869. The number of nitrogens with zero attached hydrogens (tertiary/aromatic N) is 1. The van der Waals surface area contributed by atoms with Crippen LogP contribution >= 0.6 is 0 Å². The lowest BCUT2D eigenvalue weighted by molar-refractivity contribution is -0.141. The number of amides is 1. The monoisotopic (exact) mass is 240 g/mol. The van der Waals surface area contributed by atoms with Crippen molar-refractivity contribution < 1.29 is 14.7 Å². The molecule has 0 saturated carbocycles. The van der Waals surface area contributed by atoms with Gasteiger partial charge in [-0.1, -0.05) is 6.92 Å². The molecular weight excluding hydrogens is 224 g/mol. The Morgan fingerprint density at radius 1 is 1.59 bits per heavy atom. The van der Waals surface area contributed by atoms with Gasteiger partial charge in [0.1, 0.15) is 6.04 Å². The number of nitrogens with one attached hydrogen (secondary N) is 3. The number of rotatable bonds is 7. The average molecular weight is 240 g/mol. The maximum Gasteiger partial charge on any atom is 0.326 e. The Morgan fingerprint density at radius 3 is 2.88 bits per heavy atom. The third-order valence-electron chi connectivity index (χ3n) is 2.15. The lowest BCUT2D eigenvalue weighted by atomic mass is 10.1. The van der Waals surface area contributed by atoms with Gasteiger partial charge in [-0.2, -0.15) is 0 Å². The summed E-state index contributed by atoms with van der Waals surface area (Å²) in [5, 5.41) is 14.2. The zero-order valence-corrected chi connectivity index (χ0v) is 9.56. The van der Waals surface area contributed by atoms with Crippen LogP contribution in [-0.2, 0) is 16.0 Å². The van der Waals surface area contributed by atoms with E-state index in [1.165, 1.54) is 12.5 Å². The van der Waals surface area contributed by atoms with Crippen LogP contribution in [0, 0.1) is 0 Å². The Bertz CT molecular complexity index is 364. The summed E-state index contributed by atoms with van der Waals surface area (Å²) in [7, 11) is 0. The van der Waals surface area contributed by atoms with Crippen molar-refractivity contribution in [3.63, 3.8) is 0 Å². The quantitative estimate of drug-likeness (QED) is 0.495. The highest BCUT2D eigenvalue weighted by atomic mass is 16.4. The first-order chi connectivity index (χ1) is 8.13. The zero-order valence-electron chi connectivity index (χ0n) is 9.56. The number of imidazole rings is 1. The van der Waals surface area contributed by atoms with Gasteiger partial charge in [0.25, 0.3) is 0 Å². The molecule has 94 valence electrons. The molecule has 4 N–H and O–H groups in total. The first-order valence-electron chi connectivity index (χ1n) is 5.33. The molecule has 17 heavy (non-hydrogen) atoms. The molecule has 0 aliphatic rings. The van der Waals surface area contributed by atoms with E-state index in [-0.39, 0.29) is 18.9 Å². The standard InChI is InChI=1S/C10H16N4O3/c1-2-11-5-9(15)14-8(10(16)17)3-7-4-12-6-13-7/h4,6,8,11H,2-3,5H2,1H3,(H,12,13)(H,14,15)(H,16,17)/t8-/m1/s1. The Morgan fingerprint density at radius 2 is 2.35 bits per heavy atom. The number of carboxylic acids is 1. The zero-order chi connectivity index (χ0) is 12.7. The van der Waals surface area contributed by atoms with Gasteiger partial charge >= 0.3 is 5.97 Å². The molecule has 7 heteroatoms. The summed E-state index contributed by atoms with van der Waals surface area (Å²) in [6.07, 6.45) is 3.19. The number of aromatic amines is 1. The van der Waals surface area contributed by atoms with Gasteiger partial charge in [0.15, 0.2) is 0 Å². The number of hydrogen-bond acceptors (Lipinski definition) is 4. The fourth-order valence-corrected chi connectivity index (χ4v) is 1.30. The molecule has 1 rings (SSSR count). The first-order valence-corrected chi connectivity index (χ1v) is 5.33. The van der Waals surface area contributed by atoms with Gasteiger partial charge in [0.05, 0.1) is 12.9 Å². The van der Waals surface area contributed by atoms with E-state index >= 15 is 0 Å². The van der Waals surface area contributed by atoms with Crippen LogP contribution in [0.4, 0.5) is 0 Å². The van der Waals surface area contributed by atoms with Crippen LogP contribution in [0.2, 0.25) is 0 Å². The van der Waals surface area contributed by atoms with Crippen LogP contribution in [-0.4, -0.2) is 46.1 Å². The third-order valence-corrected chi connectivity index (χ3v) is 2.15. The first kappa shape index (κ1) is 13.2. The van der Waals surface area contributed by atoms with Gasteiger partial charge in [0.2, 0.25) is 5.91 Å². The molecule has 0 aromatic carbocycles. The van der Waals surface area contributed by atoms with Crippen LogP contribution < -0.4 is 10.6 Å². The molecule has 0 bridgehead atoms. The van der Waals surface area contributed by atoms with Crippen molar-refractivity contribution in [2.45, 2.75) is 19.4 Å². The summed E-state index contributed by atoms with van der Waals surface area (Å²) in [6, 6.07) is -0.943. The molecule has 1 atom stereocenters. The molecule has 0 aliphatic carbocycles. The molecule has 0 fully saturated rings. The average Bonchev–Trinajstić information content (AvgIpc) is 2.78. The van der Waals surface area contributed by atoms with E-state index in [1.54, 1.807) is 0 Å². The van der Waals surface area contributed by atoms with Crippen molar-refractivity contribution in [1.29, 1.82) is 0 Å². The Hall–Kier alpha value is -1.89. The van der Waals surface area contributed by atoms with Crippen molar-refractivity contribution in [1.82, 2.24) is 20.6 Å². The number of likely N-dealkylation sites (N-methyl/N-ethyl adjacent to an activating group) is 1. The number of carboxylic acid groups (broad SMARTS) is 1. The Balaban J connectivity index is 2.49. The van der Waals surface area contributed by atoms with Crippen molar-refractivity contribution in [3.8, 4) is 0 Å². The largest absolute Gasteiger partial charge is 0.480 e. The highest BCUT2D eigenvalue weighted by Gasteiger charge is 2.20. The second kappa shape index (κ2) is 6.64. The minimum absolute atomic E-state index is 0.114. The number of aliphatic carboxylic acids is 1. The van der Waals surface area contributed by atoms with E-state index in [1.807, 2.05) is 6.92 Å². The van der Waals surface area contributed by atoms with Crippen LogP contribution in [0.3, 0.4) is 0 Å². The highest BCUT2D eigenvalue weighted by molar-refractivity contribution is 5.84. The normalized spacial score (nSPS) is 12.1. The maximum absolute atomic E-state index is 11.4. The summed E-state index contributed by atoms with van der Waals surface area (Å²) in [4.78, 5) is 28.9. The molecule has 0 aliphatic heterocycles. The molecule has 0 unspecified atom stereocenters. The molecule has 0 saturated heterocycles. The number of carbonyl (C=O) groups excluding carboxylic acids is 1. The number of H-pyrrole nitrogens is 1. The van der Waals surface area contributed by atoms with E-state index in [4.69, 9.17) is 5.11 Å². The van der Waals surface area contributed by atoms with Gasteiger partial charge in [-0.15, -0.1) is 0 Å². The van der Waals surface area contributed by atoms with E-state index in [0.717, 1.165) is 0 Å². The van der Waals surface area contributed by atoms with Crippen molar-refractivity contribution in [2.75, 3.05) is 13.1 Å². The molecule has 7 nitrogen and oxygen atoms in total. The van der Waals surface area contributed by atoms with E-state index in [0.29, 0.717) is 12.2 Å². The highest BCUT2D eigenvalue weighted by Crippen LogP contribution is 1.98. The molecule has 1 aromatic rings. The SMILES string of the molecule is CCNCC(=O)N[C@H](Cc1cnc[nH]1)C(=O)O. The van der Waals surface area contributed by atoms with Crippen LogP contribution in [0.1, 0.15) is 12.6 Å². The molecule has 0 radical (unpaired) electrons. The van der Waals surface area contributed by atoms with Crippen molar-refractivity contribution >= 4 is 11.9 Å². The summed E-state index contributed by atoms with van der Waals surface area (Å²) >= 11 is 0. The minimum Gasteiger partial charge on any atom is -0.480 e. The number of aromatic nitrogens is 2. The van der Waals surface area contributed by atoms with Crippen LogP contribution in [0.25, 0.3) is 0 Å². The summed E-state index contributed by atoms with van der Waals surface area (Å²) in [6.45, 7) is 2.64. The summed E-state index contributed by atoms with van der Waals surface area (Å²) in [5.41, 5.74) is 0.668. The predicted molar refractivity (Wildman–Crippen MR) is 60.4 cm³/mol. The molecule has 1 aromatic heterocycles. The minimum atomic E-state index is -1.07.